The van der Waals surface area contributed by atoms with Gasteiger partial charge in [0.05, 0.1) is 17.5 Å². The fourth-order valence-corrected chi connectivity index (χ4v) is 8.13. The van der Waals surface area contributed by atoms with E-state index in [1.165, 1.54) is 28.4 Å². The van der Waals surface area contributed by atoms with Gasteiger partial charge in [-0.05, 0) is 32.4 Å². The number of fused-ring (bicyclic) bond motifs is 3. The molecule has 27 heavy (non-hydrogen) atoms. The summed E-state index contributed by atoms with van der Waals surface area (Å²) in [6, 6.07) is 5.58. The maximum atomic E-state index is 13.7. The first-order valence-electron chi connectivity index (χ1n) is 8.47. The second-order valence-electron chi connectivity index (χ2n) is 7.60. The summed E-state index contributed by atoms with van der Waals surface area (Å²) < 4.78 is 0.550. The predicted molar refractivity (Wildman–Crippen MR) is 109 cm³/mol. The van der Waals surface area contributed by atoms with Crippen molar-refractivity contribution in [2.24, 2.45) is 5.41 Å². The minimum Gasteiger partial charge on any atom is -0.320 e. The van der Waals surface area contributed by atoms with Gasteiger partial charge in [-0.3, -0.25) is 14.6 Å². The molecule has 2 amide bonds. The number of carbonyl (C=O) groups excluding carboxylic acids is 2. The average Bonchev–Trinajstić information content (AvgIpc) is 2.81. The predicted octanol–water partition coefficient (Wildman–Crippen LogP) is 2.84. The molecule has 1 spiro atoms. The molecule has 5 heterocycles. The van der Waals surface area contributed by atoms with Gasteiger partial charge < -0.3 is 9.80 Å². The van der Waals surface area contributed by atoms with Crippen molar-refractivity contribution in [1.82, 2.24) is 14.8 Å². The standard InChI is InChI=1S/C18H18N4O2S3/c1-10-5-6-11(7-20-10)12-16(2,9-19)8-18-14(24)21(4)17(3,13(23)22(12)18)26-15(25)27-18/h5-7,12H,8H2,1-4H3/t12-,16+,17-,18-/m0/s1. The fourth-order valence-electron chi connectivity index (χ4n) is 4.28. The second-order valence-corrected chi connectivity index (χ2v) is 11.5. The molecule has 0 saturated carbocycles. The van der Waals surface area contributed by atoms with Crippen molar-refractivity contribution in [1.29, 1.82) is 5.26 Å². The number of aromatic nitrogens is 1. The number of thioether (sulfide) groups is 2. The van der Waals surface area contributed by atoms with Crippen LogP contribution < -0.4 is 0 Å². The first kappa shape index (κ1) is 18.7. The first-order chi connectivity index (χ1) is 12.6. The lowest BCUT2D eigenvalue weighted by Crippen LogP contribution is -2.69. The van der Waals surface area contributed by atoms with E-state index in [-0.39, 0.29) is 18.2 Å². The summed E-state index contributed by atoms with van der Waals surface area (Å²) in [6.45, 7) is 5.42. The number of thiocarbonyl (C=S) groups is 1. The molecule has 6 nitrogen and oxygen atoms in total. The smallest absolute Gasteiger partial charge is 0.261 e. The molecule has 4 atom stereocenters. The van der Waals surface area contributed by atoms with Crippen LogP contribution in [-0.4, -0.2) is 46.9 Å². The normalized spacial score (nSPS) is 38.0. The lowest BCUT2D eigenvalue weighted by Gasteiger charge is -2.49. The molecule has 140 valence electrons. The number of piperazine rings is 1. The summed E-state index contributed by atoms with van der Waals surface area (Å²) >= 11 is 7.97. The molecule has 4 aliphatic heterocycles. The van der Waals surface area contributed by atoms with Gasteiger partial charge in [0.25, 0.3) is 11.8 Å². The molecule has 1 aromatic rings. The number of rotatable bonds is 1. The molecule has 4 fully saturated rings. The number of amides is 2. The van der Waals surface area contributed by atoms with Gasteiger partial charge in [-0.2, -0.15) is 5.26 Å². The zero-order valence-corrected chi connectivity index (χ0v) is 17.8. The number of likely N-dealkylation sites (N-methyl/N-ethyl adjacent to an activating group) is 1. The molecular weight excluding hydrogens is 400 g/mol. The Morgan fingerprint density at radius 2 is 2.00 bits per heavy atom. The van der Waals surface area contributed by atoms with Crippen LogP contribution in [0.5, 0.6) is 0 Å². The molecule has 2 bridgehead atoms. The van der Waals surface area contributed by atoms with Crippen LogP contribution in [0.2, 0.25) is 0 Å². The lowest BCUT2D eigenvalue weighted by atomic mass is 9.80. The summed E-state index contributed by atoms with van der Waals surface area (Å²) in [4.78, 5) is 32.3. The van der Waals surface area contributed by atoms with E-state index in [1.807, 2.05) is 26.0 Å². The van der Waals surface area contributed by atoms with Crippen LogP contribution in [0, 0.1) is 23.7 Å². The van der Waals surface area contributed by atoms with E-state index >= 15 is 0 Å². The van der Waals surface area contributed by atoms with Gasteiger partial charge in [-0.25, -0.2) is 0 Å². The average molecular weight is 419 g/mol. The highest BCUT2D eigenvalue weighted by Gasteiger charge is 2.73. The Bertz CT molecular complexity index is 930. The Morgan fingerprint density at radius 1 is 1.30 bits per heavy atom. The van der Waals surface area contributed by atoms with Crippen molar-refractivity contribution in [3.05, 3.63) is 29.6 Å². The minimum absolute atomic E-state index is 0.175. The SMILES string of the molecule is Cc1ccc([C@@H]2N3C(=O)[C@]4(C)SC(=S)S[C@@]3(C[C@]2(C)C#N)C(=O)N4C)cn1. The highest BCUT2D eigenvalue weighted by Crippen LogP contribution is 2.65. The van der Waals surface area contributed by atoms with Gasteiger partial charge in [0.15, 0.2) is 9.74 Å². The highest BCUT2D eigenvalue weighted by molar-refractivity contribution is 8.48. The second kappa shape index (κ2) is 5.69. The molecule has 0 radical (unpaired) electrons. The fraction of sp³-hybridized carbons (Fsp3) is 0.500. The van der Waals surface area contributed by atoms with E-state index in [1.54, 1.807) is 25.1 Å². The molecule has 9 heteroatoms. The van der Waals surface area contributed by atoms with Gasteiger partial charge in [0, 0.05) is 25.4 Å². The van der Waals surface area contributed by atoms with Gasteiger partial charge in [-0.1, -0.05) is 41.8 Å². The number of aryl methyl sites for hydroxylation is 1. The molecule has 0 N–H and O–H groups in total. The number of pyridine rings is 1. The molecule has 0 aromatic carbocycles. The largest absolute Gasteiger partial charge is 0.320 e. The van der Waals surface area contributed by atoms with Gasteiger partial charge in [0.2, 0.25) is 0 Å². The minimum atomic E-state index is -1.19. The molecule has 1 aromatic heterocycles. The van der Waals surface area contributed by atoms with E-state index < -0.39 is 21.2 Å². The van der Waals surface area contributed by atoms with Crippen molar-refractivity contribution in [2.75, 3.05) is 7.05 Å². The number of nitriles is 1. The third kappa shape index (κ3) is 2.27. The van der Waals surface area contributed by atoms with Crippen LogP contribution in [0.15, 0.2) is 18.3 Å². The maximum absolute atomic E-state index is 13.7. The monoisotopic (exact) mass is 418 g/mol. The molecular formula is C18H18N4O2S3. The summed E-state index contributed by atoms with van der Waals surface area (Å²) in [5, 5.41) is 10.0. The van der Waals surface area contributed by atoms with Crippen molar-refractivity contribution < 1.29 is 9.59 Å². The maximum Gasteiger partial charge on any atom is 0.261 e. The van der Waals surface area contributed by atoms with Crippen molar-refractivity contribution in [3.63, 3.8) is 0 Å². The van der Waals surface area contributed by atoms with Crippen molar-refractivity contribution in [2.45, 2.75) is 43.0 Å². The Kier molecular flexibility index (Phi) is 3.94. The van der Waals surface area contributed by atoms with E-state index in [4.69, 9.17) is 12.2 Å². The van der Waals surface area contributed by atoms with Crippen LogP contribution in [0.3, 0.4) is 0 Å². The summed E-state index contributed by atoms with van der Waals surface area (Å²) in [6.07, 6.45) is 1.93. The summed E-state index contributed by atoms with van der Waals surface area (Å²) in [5.41, 5.74) is 0.680. The first-order valence-corrected chi connectivity index (χ1v) is 10.5. The molecule has 0 aliphatic carbocycles. The Labute approximate surface area is 171 Å². The molecule has 0 unspecified atom stereocenters. The van der Waals surface area contributed by atoms with Gasteiger partial charge in [0.1, 0.15) is 3.53 Å². The number of carbonyl (C=O) groups is 2. The van der Waals surface area contributed by atoms with E-state index in [2.05, 4.69) is 11.1 Å². The lowest BCUT2D eigenvalue weighted by molar-refractivity contribution is -0.163. The van der Waals surface area contributed by atoms with Crippen LogP contribution >= 0.6 is 35.7 Å². The summed E-state index contributed by atoms with van der Waals surface area (Å²) in [7, 11) is 1.64. The van der Waals surface area contributed by atoms with Gasteiger partial charge in [-0.15, -0.1) is 0 Å². The number of hydrogen-bond donors (Lipinski definition) is 0. The van der Waals surface area contributed by atoms with Crippen molar-refractivity contribution in [3.8, 4) is 6.07 Å². The van der Waals surface area contributed by atoms with Crippen LogP contribution in [0.1, 0.15) is 37.6 Å². The van der Waals surface area contributed by atoms with Crippen molar-refractivity contribution >= 4 is 51.1 Å². The Hall–Kier alpha value is -1.63. The Morgan fingerprint density at radius 3 is 2.59 bits per heavy atom. The zero-order chi connectivity index (χ0) is 19.8. The Balaban J connectivity index is 1.99. The van der Waals surface area contributed by atoms with Gasteiger partial charge >= 0.3 is 0 Å². The van der Waals surface area contributed by atoms with E-state index in [0.29, 0.717) is 3.53 Å². The van der Waals surface area contributed by atoms with Crippen LogP contribution in [-0.2, 0) is 9.59 Å². The third-order valence-corrected chi connectivity index (χ3v) is 8.82. The van der Waals surface area contributed by atoms with E-state index in [0.717, 1.165) is 11.3 Å². The van der Waals surface area contributed by atoms with Crippen LogP contribution in [0.25, 0.3) is 0 Å². The quantitative estimate of drug-likeness (QED) is 0.649. The number of nitrogens with zero attached hydrogens (tertiary/aromatic N) is 4. The molecule has 4 saturated heterocycles. The number of hydrogen-bond acceptors (Lipinski definition) is 7. The topological polar surface area (TPSA) is 77.3 Å². The zero-order valence-electron chi connectivity index (χ0n) is 15.3. The van der Waals surface area contributed by atoms with E-state index in [9.17, 15) is 14.9 Å². The van der Waals surface area contributed by atoms with Crippen LogP contribution in [0.4, 0.5) is 0 Å². The third-order valence-electron chi connectivity index (χ3n) is 5.79. The molecule has 4 aliphatic rings. The summed E-state index contributed by atoms with van der Waals surface area (Å²) in [5.74, 6) is -0.363. The highest BCUT2D eigenvalue weighted by atomic mass is 32.2. The molecule has 5 rings (SSSR count).